The van der Waals surface area contributed by atoms with Gasteiger partial charge in [-0.3, -0.25) is 4.99 Å². The van der Waals surface area contributed by atoms with Gasteiger partial charge in [-0.2, -0.15) is 0 Å². The molecule has 0 saturated carbocycles. The molecule has 4 rings (SSSR count). The molecule has 27 heavy (non-hydrogen) atoms. The van der Waals surface area contributed by atoms with Crippen molar-refractivity contribution in [1.82, 2.24) is 10.2 Å². The molecule has 2 fully saturated rings. The molecule has 0 bridgehead atoms. The Kier molecular flexibility index (Phi) is 5.84. The zero-order valence-corrected chi connectivity index (χ0v) is 15.7. The molecule has 148 valence electrons. The molecule has 3 aliphatic rings. The van der Waals surface area contributed by atoms with Crippen LogP contribution in [0.25, 0.3) is 0 Å². The zero-order valence-electron chi connectivity index (χ0n) is 15.7. The molecule has 2 atom stereocenters. The van der Waals surface area contributed by atoms with Gasteiger partial charge in [-0.05, 0) is 25.0 Å². The molecule has 3 heterocycles. The number of nitrogens with zero attached hydrogens (tertiary/aromatic N) is 2. The third-order valence-corrected chi connectivity index (χ3v) is 4.98. The Morgan fingerprint density at radius 1 is 1.22 bits per heavy atom. The second-order valence-corrected chi connectivity index (χ2v) is 6.74. The van der Waals surface area contributed by atoms with E-state index in [1.807, 2.05) is 18.2 Å². The Morgan fingerprint density at radius 3 is 2.96 bits per heavy atom. The van der Waals surface area contributed by atoms with Crippen molar-refractivity contribution in [3.05, 3.63) is 18.2 Å². The summed E-state index contributed by atoms with van der Waals surface area (Å²) in [6.07, 6.45) is 2.52. The molecule has 1 N–H and O–H groups in total. The average Bonchev–Trinajstić information content (AvgIpc) is 3.40. The Morgan fingerprint density at radius 2 is 2.11 bits per heavy atom. The molecule has 0 aromatic heterocycles. The number of nitrogens with one attached hydrogen (secondary N) is 1. The molecule has 3 aliphatic heterocycles. The van der Waals surface area contributed by atoms with E-state index in [1.54, 1.807) is 7.05 Å². The lowest BCUT2D eigenvalue weighted by molar-refractivity contribution is -0.0817. The second kappa shape index (κ2) is 8.67. The van der Waals surface area contributed by atoms with Crippen LogP contribution in [0.3, 0.4) is 0 Å². The standard InChI is InChI=1S/C19H27N3O5/c1-20-19(22-7-10-25-18(12-22)15-3-2-8-24-15)21-6-9-23-14-4-5-16-17(11-14)27-13-26-16/h4-5,11,15,18H,2-3,6-10,12-13H2,1H3,(H,20,21). The van der Waals surface area contributed by atoms with Crippen LogP contribution in [0.4, 0.5) is 0 Å². The van der Waals surface area contributed by atoms with Gasteiger partial charge in [-0.1, -0.05) is 0 Å². The normalized spacial score (nSPS) is 24.9. The van der Waals surface area contributed by atoms with Crippen molar-refractivity contribution in [2.75, 3.05) is 53.3 Å². The Hall–Kier alpha value is -2.19. The van der Waals surface area contributed by atoms with Crippen molar-refractivity contribution in [1.29, 1.82) is 0 Å². The summed E-state index contributed by atoms with van der Waals surface area (Å²) in [5.74, 6) is 3.12. The number of guanidine groups is 1. The summed E-state index contributed by atoms with van der Waals surface area (Å²) < 4.78 is 28.2. The summed E-state index contributed by atoms with van der Waals surface area (Å²) in [6.45, 7) is 4.61. The van der Waals surface area contributed by atoms with E-state index in [4.69, 9.17) is 23.7 Å². The molecule has 1 aromatic carbocycles. The number of hydrogen-bond acceptors (Lipinski definition) is 6. The summed E-state index contributed by atoms with van der Waals surface area (Å²) >= 11 is 0. The third kappa shape index (κ3) is 4.39. The summed E-state index contributed by atoms with van der Waals surface area (Å²) in [5.41, 5.74) is 0. The number of ether oxygens (including phenoxy) is 5. The van der Waals surface area contributed by atoms with Gasteiger partial charge in [0.15, 0.2) is 17.5 Å². The first-order valence-corrected chi connectivity index (χ1v) is 9.55. The van der Waals surface area contributed by atoms with Crippen molar-refractivity contribution in [2.45, 2.75) is 25.0 Å². The smallest absolute Gasteiger partial charge is 0.231 e. The minimum Gasteiger partial charge on any atom is -0.492 e. The number of hydrogen-bond donors (Lipinski definition) is 1. The highest BCUT2D eigenvalue weighted by Gasteiger charge is 2.32. The van der Waals surface area contributed by atoms with Gasteiger partial charge in [0, 0.05) is 32.8 Å². The van der Waals surface area contributed by atoms with E-state index in [-0.39, 0.29) is 19.0 Å². The first-order chi connectivity index (χ1) is 13.3. The van der Waals surface area contributed by atoms with Gasteiger partial charge in [0.1, 0.15) is 18.5 Å². The van der Waals surface area contributed by atoms with Gasteiger partial charge >= 0.3 is 0 Å². The molecule has 0 aliphatic carbocycles. The maximum Gasteiger partial charge on any atom is 0.231 e. The van der Waals surface area contributed by atoms with Crippen LogP contribution in [0.2, 0.25) is 0 Å². The Labute approximate surface area is 159 Å². The van der Waals surface area contributed by atoms with E-state index in [0.29, 0.717) is 19.8 Å². The molecule has 1 aromatic rings. The summed E-state index contributed by atoms with van der Waals surface area (Å²) in [7, 11) is 1.80. The van der Waals surface area contributed by atoms with Crippen LogP contribution in [-0.4, -0.2) is 76.4 Å². The number of aliphatic imine (C=N–C) groups is 1. The van der Waals surface area contributed by atoms with Crippen LogP contribution in [0.1, 0.15) is 12.8 Å². The molecule has 2 unspecified atom stereocenters. The summed E-state index contributed by atoms with van der Waals surface area (Å²) in [5, 5.41) is 3.37. The fourth-order valence-electron chi connectivity index (χ4n) is 3.62. The summed E-state index contributed by atoms with van der Waals surface area (Å²) in [4.78, 5) is 6.64. The van der Waals surface area contributed by atoms with Crippen molar-refractivity contribution < 1.29 is 23.7 Å². The molecular formula is C19H27N3O5. The molecule has 0 amide bonds. The van der Waals surface area contributed by atoms with Gasteiger partial charge in [0.25, 0.3) is 0 Å². The number of morpholine rings is 1. The maximum atomic E-state index is 5.91. The van der Waals surface area contributed by atoms with E-state index in [2.05, 4.69) is 15.2 Å². The van der Waals surface area contributed by atoms with Gasteiger partial charge in [-0.15, -0.1) is 0 Å². The third-order valence-electron chi connectivity index (χ3n) is 4.98. The average molecular weight is 377 g/mol. The lowest BCUT2D eigenvalue weighted by atomic mass is 10.1. The van der Waals surface area contributed by atoms with Crippen molar-refractivity contribution in [2.24, 2.45) is 4.99 Å². The molecule has 0 radical (unpaired) electrons. The molecular weight excluding hydrogens is 350 g/mol. The maximum absolute atomic E-state index is 5.91. The zero-order chi connectivity index (χ0) is 18.5. The van der Waals surface area contributed by atoms with Gasteiger partial charge in [-0.25, -0.2) is 0 Å². The highest BCUT2D eigenvalue weighted by molar-refractivity contribution is 5.80. The molecule has 2 saturated heterocycles. The van der Waals surface area contributed by atoms with E-state index in [0.717, 1.165) is 55.7 Å². The van der Waals surface area contributed by atoms with Crippen LogP contribution in [0, 0.1) is 0 Å². The van der Waals surface area contributed by atoms with E-state index >= 15 is 0 Å². The number of benzene rings is 1. The Bertz CT molecular complexity index is 663. The molecule has 0 spiro atoms. The number of rotatable bonds is 5. The highest BCUT2D eigenvalue weighted by Crippen LogP contribution is 2.35. The lowest BCUT2D eigenvalue weighted by Crippen LogP contribution is -2.53. The van der Waals surface area contributed by atoms with E-state index < -0.39 is 0 Å². The van der Waals surface area contributed by atoms with Crippen molar-refractivity contribution >= 4 is 5.96 Å². The lowest BCUT2D eigenvalue weighted by Gasteiger charge is -2.37. The molecule has 8 heteroatoms. The minimum atomic E-state index is 0.115. The first kappa shape index (κ1) is 18.2. The predicted molar refractivity (Wildman–Crippen MR) is 99.7 cm³/mol. The largest absolute Gasteiger partial charge is 0.492 e. The minimum absolute atomic E-state index is 0.115. The van der Waals surface area contributed by atoms with Gasteiger partial charge in [0.05, 0.1) is 19.3 Å². The number of fused-ring (bicyclic) bond motifs is 1. The fourth-order valence-corrected chi connectivity index (χ4v) is 3.62. The monoisotopic (exact) mass is 377 g/mol. The SMILES string of the molecule is CN=C(NCCOc1ccc2c(c1)OCO2)N1CCOC(C2CCCO2)C1. The fraction of sp³-hybridized carbons (Fsp3) is 0.632. The van der Waals surface area contributed by atoms with Crippen LogP contribution in [-0.2, 0) is 9.47 Å². The molecule has 8 nitrogen and oxygen atoms in total. The van der Waals surface area contributed by atoms with Crippen LogP contribution in [0.5, 0.6) is 17.2 Å². The van der Waals surface area contributed by atoms with Crippen LogP contribution in [0.15, 0.2) is 23.2 Å². The van der Waals surface area contributed by atoms with Crippen molar-refractivity contribution in [3.63, 3.8) is 0 Å². The van der Waals surface area contributed by atoms with Gasteiger partial charge in [0.2, 0.25) is 6.79 Å². The summed E-state index contributed by atoms with van der Waals surface area (Å²) in [6, 6.07) is 5.60. The van der Waals surface area contributed by atoms with E-state index in [9.17, 15) is 0 Å². The van der Waals surface area contributed by atoms with Crippen LogP contribution < -0.4 is 19.5 Å². The first-order valence-electron chi connectivity index (χ1n) is 9.55. The van der Waals surface area contributed by atoms with Gasteiger partial charge < -0.3 is 33.9 Å². The van der Waals surface area contributed by atoms with Crippen LogP contribution >= 0.6 is 0 Å². The van der Waals surface area contributed by atoms with E-state index in [1.165, 1.54) is 0 Å². The highest BCUT2D eigenvalue weighted by atomic mass is 16.7. The second-order valence-electron chi connectivity index (χ2n) is 6.74. The predicted octanol–water partition coefficient (Wildman–Crippen LogP) is 1.25. The Balaban J connectivity index is 1.23. The topological polar surface area (TPSA) is 73.8 Å². The quantitative estimate of drug-likeness (QED) is 0.470. The van der Waals surface area contributed by atoms with Crippen molar-refractivity contribution in [3.8, 4) is 17.2 Å².